The van der Waals surface area contributed by atoms with Crippen molar-refractivity contribution in [1.29, 1.82) is 0 Å². The van der Waals surface area contributed by atoms with Crippen LogP contribution in [0.2, 0.25) is 0 Å². The van der Waals surface area contributed by atoms with Gasteiger partial charge < -0.3 is 21.3 Å². The molecule has 1 rings (SSSR count). The van der Waals surface area contributed by atoms with E-state index in [4.69, 9.17) is 0 Å². The van der Waals surface area contributed by atoms with Crippen LogP contribution in [0.15, 0.2) is 0 Å². The summed E-state index contributed by atoms with van der Waals surface area (Å²) in [7, 11) is 0. The van der Waals surface area contributed by atoms with Crippen LogP contribution >= 0.6 is 0 Å². The Morgan fingerprint density at radius 3 is 0.933 bits per heavy atom. The molecule has 1 aliphatic rings. The molecule has 1 radical (unpaired) electrons. The molecule has 0 aromatic rings. The Morgan fingerprint density at radius 2 is 0.667 bits per heavy atom. The Balaban J connectivity index is 0.00000196. The summed E-state index contributed by atoms with van der Waals surface area (Å²) in [6.07, 6.45) is 2.17. The second-order valence-electron chi connectivity index (χ2n) is 3.39. The molecule has 0 N–H and O–H groups in total. The smallest absolute Gasteiger partial charge is 0.664 e. The van der Waals surface area contributed by atoms with Gasteiger partial charge in [0.1, 0.15) is 0 Å². The molecule has 0 aromatic carbocycles. The van der Waals surface area contributed by atoms with Crippen LogP contribution in [0, 0.1) is 0 Å². The number of nitrogens with zero attached hydrogens (tertiary/aromatic N) is 4. The minimum atomic E-state index is 0. The molecule has 1 heterocycles. The first-order valence-electron chi connectivity index (χ1n) is 5.53. The van der Waals surface area contributed by atoms with Gasteiger partial charge >= 0.3 is 19.5 Å². The Labute approximate surface area is 106 Å². The third kappa shape index (κ3) is 10.7. The van der Waals surface area contributed by atoms with Crippen LogP contribution in [0.25, 0.3) is 21.3 Å². The average Bonchev–Trinajstić information content (AvgIpc) is 2.22. The third-order valence-corrected chi connectivity index (χ3v) is 2.10. The van der Waals surface area contributed by atoms with Gasteiger partial charge in [-0.2, -0.15) is 52.4 Å². The van der Waals surface area contributed by atoms with E-state index in [1.165, 1.54) is 0 Å². The van der Waals surface area contributed by atoms with E-state index in [2.05, 4.69) is 21.3 Å². The second-order valence-corrected chi connectivity index (χ2v) is 3.39. The van der Waals surface area contributed by atoms with Crippen LogP contribution in [0.4, 0.5) is 0 Å². The minimum Gasteiger partial charge on any atom is -0.664 e. The first kappa shape index (κ1) is 15.5. The maximum atomic E-state index is 4.38. The number of rotatable bonds is 0. The predicted molar refractivity (Wildman–Crippen MR) is 61.6 cm³/mol. The van der Waals surface area contributed by atoms with E-state index in [1.807, 2.05) is 0 Å². The van der Waals surface area contributed by atoms with E-state index < -0.39 is 0 Å². The summed E-state index contributed by atoms with van der Waals surface area (Å²) in [5.74, 6) is 0. The van der Waals surface area contributed by atoms with Gasteiger partial charge in [0.05, 0.1) is 0 Å². The molecular weight excluding hydrogens is 277 g/mol. The predicted octanol–water partition coefficient (Wildman–Crippen LogP) is 2.27. The zero-order chi connectivity index (χ0) is 9.90. The summed E-state index contributed by atoms with van der Waals surface area (Å²) >= 11 is 0. The largest absolute Gasteiger partial charge is 3.00 e. The van der Waals surface area contributed by atoms with Gasteiger partial charge in [-0.05, 0) is 0 Å². The fraction of sp³-hybridized carbons (Fsp3) is 1.00. The van der Waals surface area contributed by atoms with Crippen LogP contribution in [-0.4, -0.2) is 52.4 Å². The van der Waals surface area contributed by atoms with Crippen molar-refractivity contribution in [2.45, 2.75) is 12.8 Å². The van der Waals surface area contributed by atoms with Gasteiger partial charge in [-0.25, -0.2) is 0 Å². The fourth-order valence-corrected chi connectivity index (χ4v) is 1.32. The Hall–Kier alpha value is 0.463. The van der Waals surface area contributed by atoms with Crippen molar-refractivity contribution in [3.63, 3.8) is 0 Å². The molecule has 0 aliphatic carbocycles. The summed E-state index contributed by atoms with van der Waals surface area (Å²) in [6, 6.07) is 0. The molecular formula is C10H20N4Ru-. The van der Waals surface area contributed by atoms with Crippen LogP contribution in [0.3, 0.4) is 0 Å². The zero-order valence-electron chi connectivity index (χ0n) is 9.21. The van der Waals surface area contributed by atoms with Crippen molar-refractivity contribution >= 4 is 0 Å². The molecule has 0 aromatic heterocycles. The summed E-state index contributed by atoms with van der Waals surface area (Å²) in [5, 5.41) is 17.5. The van der Waals surface area contributed by atoms with Crippen LogP contribution < -0.4 is 0 Å². The van der Waals surface area contributed by atoms with Gasteiger partial charge in [0, 0.05) is 0 Å². The normalized spacial score (nSPS) is 22.4. The van der Waals surface area contributed by atoms with Crippen molar-refractivity contribution in [3.8, 4) is 0 Å². The average molecular weight is 297 g/mol. The minimum absolute atomic E-state index is 0. The summed E-state index contributed by atoms with van der Waals surface area (Å²) < 4.78 is 0. The first-order valence-corrected chi connectivity index (χ1v) is 5.53. The van der Waals surface area contributed by atoms with Crippen molar-refractivity contribution < 1.29 is 19.5 Å². The van der Waals surface area contributed by atoms with Crippen molar-refractivity contribution in [3.05, 3.63) is 21.3 Å². The third-order valence-electron chi connectivity index (χ3n) is 2.10. The van der Waals surface area contributed by atoms with E-state index >= 15 is 0 Å². The van der Waals surface area contributed by atoms with Gasteiger partial charge in [0.25, 0.3) is 0 Å². The monoisotopic (exact) mass is 298 g/mol. The standard InChI is InChI=1S/C10H20N4.Ru/c1-3-11-7-9-13-5-2-6-14-10-8-12-4-1;/h1-10H2;/q-4;+3. The Morgan fingerprint density at radius 1 is 0.400 bits per heavy atom. The summed E-state index contributed by atoms with van der Waals surface area (Å²) in [6.45, 7) is 7.31. The second kappa shape index (κ2) is 12.5. The quantitative estimate of drug-likeness (QED) is 0.616. The molecule has 89 valence electrons. The van der Waals surface area contributed by atoms with Crippen LogP contribution in [-0.2, 0) is 19.5 Å². The molecule has 1 aliphatic heterocycles. The van der Waals surface area contributed by atoms with Crippen molar-refractivity contribution in [2.75, 3.05) is 52.4 Å². The van der Waals surface area contributed by atoms with Gasteiger partial charge in [-0.3, -0.25) is 0 Å². The van der Waals surface area contributed by atoms with E-state index in [9.17, 15) is 0 Å². The molecule has 0 spiro atoms. The Kier molecular flexibility index (Phi) is 12.9. The number of hydrogen-bond donors (Lipinski definition) is 0. The zero-order valence-corrected chi connectivity index (χ0v) is 11.0. The molecule has 5 heteroatoms. The van der Waals surface area contributed by atoms with Crippen LogP contribution in [0.5, 0.6) is 0 Å². The van der Waals surface area contributed by atoms with Crippen LogP contribution in [0.1, 0.15) is 12.8 Å². The van der Waals surface area contributed by atoms with E-state index in [1.54, 1.807) is 0 Å². The van der Waals surface area contributed by atoms with Crippen molar-refractivity contribution in [2.24, 2.45) is 0 Å². The maximum Gasteiger partial charge on any atom is 3.00 e. The molecule has 1 fully saturated rings. The summed E-state index contributed by atoms with van der Waals surface area (Å²) in [5.41, 5.74) is 0. The molecule has 15 heavy (non-hydrogen) atoms. The van der Waals surface area contributed by atoms with E-state index in [-0.39, 0.29) is 19.5 Å². The molecule has 0 bridgehead atoms. The summed E-state index contributed by atoms with van der Waals surface area (Å²) in [4.78, 5) is 0. The SMILES string of the molecule is C1C[N-]CC[N-]CCC[N-]CC[N-]C1.[Ru+3]. The topological polar surface area (TPSA) is 56.4 Å². The molecule has 1 saturated heterocycles. The van der Waals surface area contributed by atoms with Gasteiger partial charge in [0.15, 0.2) is 0 Å². The fourth-order valence-electron chi connectivity index (χ4n) is 1.32. The number of hydrogen-bond acceptors (Lipinski definition) is 0. The molecule has 0 atom stereocenters. The van der Waals surface area contributed by atoms with Gasteiger partial charge in [-0.15, -0.1) is 0 Å². The first-order chi connectivity index (χ1) is 7.00. The maximum absolute atomic E-state index is 4.38. The van der Waals surface area contributed by atoms with Gasteiger partial charge in [-0.1, -0.05) is 12.8 Å². The van der Waals surface area contributed by atoms with E-state index in [0.29, 0.717) is 0 Å². The molecule has 0 amide bonds. The molecule has 4 nitrogen and oxygen atoms in total. The van der Waals surface area contributed by atoms with Gasteiger partial charge in [0.2, 0.25) is 0 Å². The van der Waals surface area contributed by atoms with Crippen molar-refractivity contribution in [1.82, 2.24) is 0 Å². The molecule has 0 unspecified atom stereocenters. The Bertz CT molecular complexity index is 70.7. The molecule has 0 saturated carbocycles. The van der Waals surface area contributed by atoms with E-state index in [0.717, 1.165) is 65.2 Å².